The fourth-order valence-electron chi connectivity index (χ4n) is 1.65. The van der Waals surface area contributed by atoms with E-state index in [1.54, 1.807) is 24.3 Å². The summed E-state index contributed by atoms with van der Waals surface area (Å²) in [7, 11) is -2.08. The third-order valence-corrected chi connectivity index (χ3v) is 3.61. The zero-order chi connectivity index (χ0) is 13.3. The molecule has 1 aromatic rings. The molecule has 0 atom stereocenters. The van der Waals surface area contributed by atoms with Crippen molar-refractivity contribution in [2.75, 3.05) is 7.11 Å². The number of carbonyl (C=O) groups is 1. The summed E-state index contributed by atoms with van der Waals surface area (Å²) in [4.78, 5) is 11.0. The molecule has 0 bridgehead atoms. The first kappa shape index (κ1) is 12.4. The lowest BCUT2D eigenvalue weighted by atomic mass is 10.0. The van der Waals surface area contributed by atoms with Gasteiger partial charge in [-0.3, -0.25) is 0 Å². The number of hydrogen-bond donors (Lipinski definition) is 1. The quantitative estimate of drug-likeness (QED) is 0.895. The van der Waals surface area contributed by atoms with E-state index in [1.165, 1.54) is 7.11 Å². The smallest absolute Gasteiger partial charge is 0.337 e. The van der Waals surface area contributed by atoms with E-state index < -0.39 is 15.8 Å². The Labute approximate surface area is 104 Å². The van der Waals surface area contributed by atoms with E-state index >= 15 is 0 Å². The lowest BCUT2D eigenvalue weighted by molar-refractivity contribution is -0.132. The van der Waals surface area contributed by atoms with Crippen LogP contribution in [-0.4, -0.2) is 26.6 Å². The van der Waals surface area contributed by atoms with E-state index in [9.17, 15) is 13.2 Å². The maximum Gasteiger partial charge on any atom is 0.337 e. The van der Waals surface area contributed by atoms with Gasteiger partial charge in [0, 0.05) is 11.0 Å². The van der Waals surface area contributed by atoms with E-state index in [-0.39, 0.29) is 11.1 Å². The second-order valence-corrected chi connectivity index (χ2v) is 5.34. The van der Waals surface area contributed by atoms with Gasteiger partial charge in [0.25, 0.3) is 0 Å². The molecule has 1 aliphatic rings. The van der Waals surface area contributed by atoms with Crippen LogP contribution in [0.5, 0.6) is 5.75 Å². The van der Waals surface area contributed by atoms with Crippen molar-refractivity contribution in [2.45, 2.75) is 0 Å². The molecule has 0 aromatic heterocycles. The number of methoxy groups -OCH3 is 1. The summed E-state index contributed by atoms with van der Waals surface area (Å²) in [5.41, 5.74) is 0.482. The lowest BCUT2D eigenvalue weighted by Crippen LogP contribution is -2.00. The van der Waals surface area contributed by atoms with Crippen molar-refractivity contribution in [3.63, 3.8) is 0 Å². The molecule has 0 unspecified atom stereocenters. The summed E-state index contributed by atoms with van der Waals surface area (Å²) in [5, 5.41) is 10.7. The predicted octanol–water partition coefficient (Wildman–Crippen LogP) is 1.43. The molecule has 2 rings (SSSR count). The number of sulfone groups is 1. The highest BCUT2D eigenvalue weighted by molar-refractivity contribution is 7.97. The van der Waals surface area contributed by atoms with Crippen LogP contribution in [0.2, 0.25) is 0 Å². The molecular weight excluding hydrogens is 256 g/mol. The molecule has 0 saturated carbocycles. The van der Waals surface area contributed by atoms with Crippen LogP contribution in [0.25, 0.3) is 5.57 Å². The number of carboxylic acid groups (broad SMARTS) is 1. The SMILES string of the molecule is COc1ccc(C2=CS(=O)(=O)C=C2C(=O)O)cc1. The maximum absolute atomic E-state index is 11.4. The monoisotopic (exact) mass is 266 g/mol. The van der Waals surface area contributed by atoms with Gasteiger partial charge in [-0.05, 0) is 17.7 Å². The first-order valence-corrected chi connectivity index (χ1v) is 6.60. The summed E-state index contributed by atoms with van der Waals surface area (Å²) < 4.78 is 27.8. The van der Waals surface area contributed by atoms with Crippen molar-refractivity contribution in [3.8, 4) is 5.75 Å². The molecule has 18 heavy (non-hydrogen) atoms. The van der Waals surface area contributed by atoms with Gasteiger partial charge < -0.3 is 9.84 Å². The van der Waals surface area contributed by atoms with Gasteiger partial charge in [0.05, 0.1) is 18.1 Å². The van der Waals surface area contributed by atoms with Crippen LogP contribution in [0.3, 0.4) is 0 Å². The molecule has 1 aromatic carbocycles. The molecule has 94 valence electrons. The number of ether oxygens (including phenoxy) is 1. The van der Waals surface area contributed by atoms with Gasteiger partial charge in [0.15, 0.2) is 9.84 Å². The number of benzene rings is 1. The number of carboxylic acids is 1. The van der Waals surface area contributed by atoms with E-state index in [1.807, 2.05) is 0 Å². The van der Waals surface area contributed by atoms with Gasteiger partial charge in [-0.15, -0.1) is 0 Å². The highest BCUT2D eigenvalue weighted by Crippen LogP contribution is 2.31. The van der Waals surface area contributed by atoms with Gasteiger partial charge in [-0.2, -0.15) is 0 Å². The lowest BCUT2D eigenvalue weighted by Gasteiger charge is -2.05. The Morgan fingerprint density at radius 1 is 1.17 bits per heavy atom. The zero-order valence-corrected chi connectivity index (χ0v) is 10.3. The van der Waals surface area contributed by atoms with Crippen LogP contribution in [0.4, 0.5) is 0 Å². The standard InChI is InChI=1S/C12H10O5S/c1-17-9-4-2-8(3-5-9)10-6-18(15,16)7-11(10)12(13)14/h2-7H,1H3,(H,13,14). The number of aliphatic carboxylic acids is 1. The third-order valence-electron chi connectivity index (χ3n) is 2.49. The molecule has 1 heterocycles. The Kier molecular flexibility index (Phi) is 2.96. The average Bonchev–Trinajstić information content (AvgIpc) is 2.66. The van der Waals surface area contributed by atoms with Gasteiger partial charge in [-0.25, -0.2) is 13.2 Å². The Morgan fingerprint density at radius 2 is 1.78 bits per heavy atom. The number of rotatable bonds is 3. The van der Waals surface area contributed by atoms with Gasteiger partial charge in [-0.1, -0.05) is 12.1 Å². The summed E-state index contributed by atoms with van der Waals surface area (Å²) in [6.07, 6.45) is 0. The minimum Gasteiger partial charge on any atom is -0.497 e. The van der Waals surface area contributed by atoms with Gasteiger partial charge in [0.1, 0.15) is 5.75 Å². The molecule has 0 spiro atoms. The molecule has 0 aliphatic carbocycles. The molecule has 1 N–H and O–H groups in total. The molecular formula is C12H10O5S. The molecule has 0 amide bonds. The molecule has 5 nitrogen and oxygen atoms in total. The normalized spacial score (nSPS) is 16.9. The van der Waals surface area contributed by atoms with Crippen molar-refractivity contribution in [3.05, 3.63) is 46.2 Å². The highest BCUT2D eigenvalue weighted by Gasteiger charge is 2.26. The van der Waals surface area contributed by atoms with E-state index in [0.717, 1.165) is 10.8 Å². The summed E-state index contributed by atoms with van der Waals surface area (Å²) in [6.45, 7) is 0. The van der Waals surface area contributed by atoms with E-state index in [0.29, 0.717) is 11.3 Å². The first-order valence-electron chi connectivity index (χ1n) is 4.99. The first-order chi connectivity index (χ1) is 8.43. The van der Waals surface area contributed by atoms with Crippen LogP contribution in [-0.2, 0) is 14.6 Å². The minimum absolute atomic E-state index is 0.185. The fourth-order valence-corrected chi connectivity index (χ4v) is 2.87. The molecule has 0 saturated heterocycles. The zero-order valence-electron chi connectivity index (χ0n) is 9.45. The molecule has 6 heteroatoms. The minimum atomic E-state index is -3.59. The van der Waals surface area contributed by atoms with E-state index in [4.69, 9.17) is 9.84 Å². The van der Waals surface area contributed by atoms with Crippen LogP contribution in [0, 0.1) is 0 Å². The van der Waals surface area contributed by atoms with Crippen molar-refractivity contribution >= 4 is 21.4 Å². The van der Waals surface area contributed by atoms with Crippen LogP contribution in [0.1, 0.15) is 5.56 Å². The Bertz CT molecular complexity index is 650. The highest BCUT2D eigenvalue weighted by atomic mass is 32.2. The second-order valence-electron chi connectivity index (χ2n) is 3.69. The van der Waals surface area contributed by atoms with Crippen molar-refractivity contribution < 1.29 is 23.1 Å². The second kappa shape index (κ2) is 4.30. The van der Waals surface area contributed by atoms with Crippen molar-refractivity contribution in [1.82, 2.24) is 0 Å². The van der Waals surface area contributed by atoms with Crippen LogP contribution < -0.4 is 4.74 Å². The summed E-state index contributed by atoms with van der Waals surface area (Å²) in [6, 6.07) is 6.51. The fraction of sp³-hybridized carbons (Fsp3) is 0.0833. The van der Waals surface area contributed by atoms with Crippen LogP contribution in [0.15, 0.2) is 40.7 Å². The molecule has 1 aliphatic heterocycles. The Morgan fingerprint density at radius 3 is 2.28 bits per heavy atom. The van der Waals surface area contributed by atoms with Crippen molar-refractivity contribution in [1.29, 1.82) is 0 Å². The Hall–Kier alpha value is -2.08. The van der Waals surface area contributed by atoms with Crippen molar-refractivity contribution in [2.24, 2.45) is 0 Å². The third kappa shape index (κ3) is 2.28. The van der Waals surface area contributed by atoms with Gasteiger partial charge in [0.2, 0.25) is 0 Å². The maximum atomic E-state index is 11.4. The number of hydrogen-bond acceptors (Lipinski definition) is 4. The molecule has 0 fully saturated rings. The topological polar surface area (TPSA) is 80.7 Å². The molecule has 0 radical (unpaired) electrons. The summed E-state index contributed by atoms with van der Waals surface area (Å²) in [5.74, 6) is -0.654. The van der Waals surface area contributed by atoms with Crippen LogP contribution >= 0.6 is 0 Å². The largest absolute Gasteiger partial charge is 0.497 e. The predicted molar refractivity (Wildman–Crippen MR) is 65.6 cm³/mol. The Balaban J connectivity index is 2.50. The van der Waals surface area contributed by atoms with Gasteiger partial charge >= 0.3 is 5.97 Å². The van der Waals surface area contributed by atoms with E-state index in [2.05, 4.69) is 0 Å². The summed E-state index contributed by atoms with van der Waals surface area (Å²) >= 11 is 0. The average molecular weight is 266 g/mol.